The monoisotopic (exact) mass is 287 g/mol. The SMILES string of the molecule is CCC(CNC(=O)N(CC(N)=O)CC(C)C)CC(=O)O. The Morgan fingerprint density at radius 2 is 1.90 bits per heavy atom. The lowest BCUT2D eigenvalue weighted by Crippen LogP contribution is -2.47. The van der Waals surface area contributed by atoms with Gasteiger partial charge in [-0.1, -0.05) is 27.2 Å². The van der Waals surface area contributed by atoms with Gasteiger partial charge in [0.05, 0.1) is 0 Å². The normalized spacial score (nSPS) is 12.0. The first-order valence-electron chi connectivity index (χ1n) is 6.79. The second-order valence-electron chi connectivity index (χ2n) is 5.30. The summed E-state index contributed by atoms with van der Waals surface area (Å²) in [4.78, 5) is 34.9. The van der Waals surface area contributed by atoms with Gasteiger partial charge in [-0.25, -0.2) is 4.79 Å². The van der Waals surface area contributed by atoms with E-state index in [1.54, 1.807) is 0 Å². The molecule has 0 heterocycles. The van der Waals surface area contributed by atoms with E-state index < -0.39 is 11.9 Å². The number of aliphatic carboxylic acids is 1. The van der Waals surface area contributed by atoms with Crippen molar-refractivity contribution in [2.45, 2.75) is 33.6 Å². The Balaban J connectivity index is 4.43. The molecule has 0 aliphatic rings. The van der Waals surface area contributed by atoms with E-state index in [-0.39, 0.29) is 37.4 Å². The van der Waals surface area contributed by atoms with Crippen molar-refractivity contribution in [3.8, 4) is 0 Å². The molecule has 7 nitrogen and oxygen atoms in total. The van der Waals surface area contributed by atoms with Gasteiger partial charge in [0, 0.05) is 19.5 Å². The van der Waals surface area contributed by atoms with Crippen LogP contribution >= 0.6 is 0 Å². The van der Waals surface area contributed by atoms with Gasteiger partial charge in [0.2, 0.25) is 5.91 Å². The van der Waals surface area contributed by atoms with Crippen LogP contribution in [0.1, 0.15) is 33.6 Å². The summed E-state index contributed by atoms with van der Waals surface area (Å²) in [5.74, 6) is -1.37. The van der Waals surface area contributed by atoms with Gasteiger partial charge in [-0.2, -0.15) is 0 Å². The van der Waals surface area contributed by atoms with Gasteiger partial charge < -0.3 is 21.1 Å². The summed E-state index contributed by atoms with van der Waals surface area (Å²) >= 11 is 0. The summed E-state index contributed by atoms with van der Waals surface area (Å²) in [6, 6.07) is -0.388. The van der Waals surface area contributed by atoms with Crippen LogP contribution in [0.4, 0.5) is 4.79 Å². The number of nitrogens with one attached hydrogen (secondary N) is 1. The van der Waals surface area contributed by atoms with Crippen LogP contribution in [0.15, 0.2) is 0 Å². The van der Waals surface area contributed by atoms with Crippen LogP contribution in [0.2, 0.25) is 0 Å². The van der Waals surface area contributed by atoms with Gasteiger partial charge in [-0.3, -0.25) is 9.59 Å². The maximum absolute atomic E-state index is 12.0. The number of carbonyl (C=O) groups excluding carboxylic acids is 2. The lowest BCUT2D eigenvalue weighted by molar-refractivity contribution is -0.138. The Hall–Kier alpha value is -1.79. The number of carboxylic acid groups (broad SMARTS) is 1. The third kappa shape index (κ3) is 8.34. The van der Waals surface area contributed by atoms with E-state index in [0.29, 0.717) is 13.0 Å². The van der Waals surface area contributed by atoms with Gasteiger partial charge in [-0.05, 0) is 11.8 Å². The van der Waals surface area contributed by atoms with E-state index in [0.717, 1.165) is 0 Å². The zero-order chi connectivity index (χ0) is 15.7. The van der Waals surface area contributed by atoms with Crippen LogP contribution in [0.3, 0.4) is 0 Å². The Bertz CT molecular complexity index is 345. The number of nitrogens with zero attached hydrogens (tertiary/aromatic N) is 1. The van der Waals surface area contributed by atoms with E-state index >= 15 is 0 Å². The molecule has 1 atom stereocenters. The van der Waals surface area contributed by atoms with E-state index in [2.05, 4.69) is 5.32 Å². The van der Waals surface area contributed by atoms with Crippen molar-refractivity contribution in [3.63, 3.8) is 0 Å². The van der Waals surface area contributed by atoms with Crippen LogP contribution in [-0.2, 0) is 9.59 Å². The molecule has 0 aromatic carbocycles. The Kier molecular flexibility index (Phi) is 8.35. The second kappa shape index (κ2) is 9.17. The fourth-order valence-corrected chi connectivity index (χ4v) is 1.80. The standard InChI is InChI=1S/C13H25N3O4/c1-4-10(5-12(18)19)6-15-13(20)16(7-9(2)3)8-11(14)17/h9-10H,4-8H2,1-3H3,(H2,14,17)(H,15,20)(H,18,19). The fourth-order valence-electron chi connectivity index (χ4n) is 1.80. The Morgan fingerprint density at radius 1 is 1.30 bits per heavy atom. The van der Waals surface area contributed by atoms with Crippen molar-refractivity contribution in [1.82, 2.24) is 10.2 Å². The third-order valence-electron chi connectivity index (χ3n) is 2.80. The molecule has 0 radical (unpaired) electrons. The second-order valence-corrected chi connectivity index (χ2v) is 5.30. The summed E-state index contributed by atoms with van der Waals surface area (Å²) < 4.78 is 0. The topological polar surface area (TPSA) is 113 Å². The molecule has 7 heteroatoms. The highest BCUT2D eigenvalue weighted by Gasteiger charge is 2.18. The van der Waals surface area contributed by atoms with E-state index in [1.165, 1.54) is 4.90 Å². The summed E-state index contributed by atoms with van der Waals surface area (Å²) in [5, 5.41) is 11.4. The zero-order valence-corrected chi connectivity index (χ0v) is 12.4. The van der Waals surface area contributed by atoms with Crippen molar-refractivity contribution in [2.24, 2.45) is 17.6 Å². The van der Waals surface area contributed by atoms with Gasteiger partial charge in [0.15, 0.2) is 0 Å². The van der Waals surface area contributed by atoms with Crippen molar-refractivity contribution in [2.75, 3.05) is 19.6 Å². The molecule has 1 unspecified atom stereocenters. The largest absolute Gasteiger partial charge is 0.481 e. The minimum Gasteiger partial charge on any atom is -0.481 e. The minimum absolute atomic E-state index is 0.0107. The van der Waals surface area contributed by atoms with Crippen molar-refractivity contribution in [1.29, 1.82) is 0 Å². The molecule has 0 saturated heterocycles. The molecule has 116 valence electrons. The maximum atomic E-state index is 12.0. The number of hydrogen-bond donors (Lipinski definition) is 3. The first kappa shape index (κ1) is 18.2. The number of rotatable bonds is 9. The molecule has 0 spiro atoms. The Labute approximate surface area is 119 Å². The number of amides is 3. The average Bonchev–Trinajstić information content (AvgIpc) is 2.31. The smallest absolute Gasteiger partial charge is 0.317 e. The number of carboxylic acids is 1. The summed E-state index contributed by atoms with van der Waals surface area (Å²) in [5.41, 5.74) is 5.12. The molecular formula is C13H25N3O4. The maximum Gasteiger partial charge on any atom is 0.317 e. The molecule has 20 heavy (non-hydrogen) atoms. The number of hydrogen-bond acceptors (Lipinski definition) is 3. The molecule has 0 aromatic heterocycles. The lowest BCUT2D eigenvalue weighted by Gasteiger charge is -2.24. The zero-order valence-electron chi connectivity index (χ0n) is 12.4. The number of nitrogens with two attached hydrogens (primary N) is 1. The molecular weight excluding hydrogens is 262 g/mol. The van der Waals surface area contributed by atoms with Crippen LogP contribution in [0.25, 0.3) is 0 Å². The van der Waals surface area contributed by atoms with Crippen LogP contribution < -0.4 is 11.1 Å². The van der Waals surface area contributed by atoms with E-state index in [9.17, 15) is 14.4 Å². The Morgan fingerprint density at radius 3 is 2.30 bits per heavy atom. The summed E-state index contributed by atoms with van der Waals surface area (Å²) in [6.07, 6.45) is 0.670. The average molecular weight is 287 g/mol. The molecule has 0 aliphatic carbocycles. The molecule has 0 aliphatic heterocycles. The summed E-state index contributed by atoms with van der Waals surface area (Å²) in [6.45, 7) is 6.29. The third-order valence-corrected chi connectivity index (χ3v) is 2.80. The molecule has 0 fully saturated rings. The van der Waals surface area contributed by atoms with Crippen LogP contribution in [-0.4, -0.2) is 47.5 Å². The van der Waals surface area contributed by atoms with Gasteiger partial charge in [-0.15, -0.1) is 0 Å². The predicted octanol–water partition coefficient (Wildman–Crippen LogP) is 0.640. The number of carbonyl (C=O) groups is 3. The van der Waals surface area contributed by atoms with Crippen LogP contribution in [0, 0.1) is 11.8 Å². The molecule has 3 amide bonds. The van der Waals surface area contributed by atoms with Gasteiger partial charge in [0.1, 0.15) is 6.54 Å². The highest BCUT2D eigenvalue weighted by atomic mass is 16.4. The molecule has 0 saturated carbocycles. The minimum atomic E-state index is -0.887. The predicted molar refractivity (Wildman–Crippen MR) is 75.0 cm³/mol. The van der Waals surface area contributed by atoms with Crippen molar-refractivity contribution >= 4 is 17.9 Å². The highest BCUT2D eigenvalue weighted by Crippen LogP contribution is 2.07. The number of primary amides is 1. The first-order valence-corrected chi connectivity index (χ1v) is 6.79. The van der Waals surface area contributed by atoms with Gasteiger partial charge in [0.25, 0.3) is 0 Å². The van der Waals surface area contributed by atoms with Gasteiger partial charge >= 0.3 is 12.0 Å². The molecule has 0 aromatic rings. The lowest BCUT2D eigenvalue weighted by atomic mass is 10.0. The van der Waals surface area contributed by atoms with E-state index in [1.807, 2.05) is 20.8 Å². The highest BCUT2D eigenvalue weighted by molar-refractivity contribution is 5.82. The summed E-state index contributed by atoms with van der Waals surface area (Å²) in [7, 11) is 0. The van der Waals surface area contributed by atoms with Crippen LogP contribution in [0.5, 0.6) is 0 Å². The molecule has 0 bridgehead atoms. The first-order chi connectivity index (χ1) is 9.26. The quantitative estimate of drug-likeness (QED) is 0.577. The molecule has 0 rings (SSSR count). The van der Waals surface area contributed by atoms with Crippen molar-refractivity contribution < 1.29 is 19.5 Å². The fraction of sp³-hybridized carbons (Fsp3) is 0.769. The van der Waals surface area contributed by atoms with E-state index in [4.69, 9.17) is 10.8 Å². The van der Waals surface area contributed by atoms with Crippen molar-refractivity contribution in [3.05, 3.63) is 0 Å². The number of urea groups is 1. The molecule has 4 N–H and O–H groups in total.